The monoisotopic (exact) mass is 506 g/mol. The Morgan fingerprint density at radius 2 is 1.89 bits per heavy atom. The maximum Gasteiger partial charge on any atom is 0.316 e. The largest absolute Gasteiger partial charge is 0.426 e. The zero-order chi connectivity index (χ0) is 27.1. The van der Waals surface area contributed by atoms with E-state index in [0.29, 0.717) is 16.6 Å². The minimum absolute atomic E-state index is 0.0792. The van der Waals surface area contributed by atoms with Crippen LogP contribution in [-0.2, 0) is 18.4 Å². The van der Waals surface area contributed by atoms with Gasteiger partial charge in [0.2, 0.25) is 0 Å². The Hall–Kier alpha value is -4.31. The molecule has 0 saturated heterocycles. The Kier molecular flexibility index (Phi) is 6.70. The number of fused-ring (bicyclic) bond motifs is 1. The molecule has 2 N–H and O–H groups in total. The Morgan fingerprint density at radius 1 is 1.16 bits per heavy atom. The highest BCUT2D eigenvalue weighted by atomic mass is 19.1. The van der Waals surface area contributed by atoms with Crippen molar-refractivity contribution in [3.8, 4) is 16.9 Å². The average Bonchev–Trinajstić information content (AvgIpc) is 3.43. The SMILES string of the molecule is CC(=O)c1cc(C(=O)Nc2cc(CO)cc(-c3cnn(C)c3)c2F)c2cc(OC(=O)C(C)(C)C)ccn12. The second-order valence-corrected chi connectivity index (χ2v) is 9.78. The molecule has 4 aromatic rings. The summed E-state index contributed by atoms with van der Waals surface area (Å²) in [5.41, 5.74) is 0.743. The lowest BCUT2D eigenvalue weighted by Gasteiger charge is -2.16. The van der Waals surface area contributed by atoms with Crippen LogP contribution in [0.4, 0.5) is 10.1 Å². The molecule has 1 amide bonds. The van der Waals surface area contributed by atoms with Crippen molar-refractivity contribution in [3.05, 3.63) is 71.6 Å². The number of halogens is 1. The number of ether oxygens (including phenoxy) is 1. The van der Waals surface area contributed by atoms with Crippen LogP contribution in [0, 0.1) is 11.2 Å². The third-order valence-electron chi connectivity index (χ3n) is 5.75. The third-order valence-corrected chi connectivity index (χ3v) is 5.75. The Balaban J connectivity index is 1.76. The van der Waals surface area contributed by atoms with Gasteiger partial charge in [-0.1, -0.05) is 0 Å². The summed E-state index contributed by atoms with van der Waals surface area (Å²) in [5.74, 6) is -1.95. The number of pyridine rings is 1. The smallest absolute Gasteiger partial charge is 0.316 e. The van der Waals surface area contributed by atoms with Gasteiger partial charge >= 0.3 is 5.97 Å². The summed E-state index contributed by atoms with van der Waals surface area (Å²) in [6.07, 6.45) is 4.62. The van der Waals surface area contributed by atoms with Gasteiger partial charge in [0, 0.05) is 43.6 Å². The van der Waals surface area contributed by atoms with Gasteiger partial charge in [-0.05, 0) is 50.6 Å². The number of nitrogens with one attached hydrogen (secondary N) is 1. The summed E-state index contributed by atoms with van der Waals surface area (Å²) in [6, 6.07) is 7.23. The summed E-state index contributed by atoms with van der Waals surface area (Å²) in [7, 11) is 1.69. The number of aliphatic hydroxyl groups excluding tert-OH is 1. The van der Waals surface area contributed by atoms with E-state index in [1.54, 1.807) is 34.0 Å². The lowest BCUT2D eigenvalue weighted by atomic mass is 9.97. The van der Waals surface area contributed by atoms with Gasteiger partial charge in [0.15, 0.2) is 11.6 Å². The molecule has 0 saturated carbocycles. The van der Waals surface area contributed by atoms with Crippen molar-refractivity contribution >= 4 is 28.9 Å². The molecule has 4 rings (SSSR count). The molecule has 0 aliphatic carbocycles. The molecule has 37 heavy (non-hydrogen) atoms. The normalized spacial score (nSPS) is 11.5. The fourth-order valence-electron chi connectivity index (χ4n) is 3.78. The molecule has 0 unspecified atom stereocenters. The van der Waals surface area contributed by atoms with Crippen molar-refractivity contribution in [3.63, 3.8) is 0 Å². The van der Waals surface area contributed by atoms with E-state index in [0.717, 1.165) is 0 Å². The minimum atomic E-state index is -0.750. The number of aromatic nitrogens is 3. The predicted octanol–water partition coefficient (Wildman–Crippen LogP) is 4.38. The second-order valence-electron chi connectivity index (χ2n) is 9.78. The van der Waals surface area contributed by atoms with E-state index >= 15 is 4.39 Å². The standard InChI is InChI=1S/C27H27FN4O5/c1-15(34)22-11-20(23-10-18(6-7-32(22)23)37-26(36)27(2,3)4)25(35)30-21-9-16(14-33)8-19(24(21)28)17-12-29-31(5)13-17/h6-13,33H,14H2,1-5H3,(H,30,35). The number of ketones is 1. The summed E-state index contributed by atoms with van der Waals surface area (Å²) in [6.45, 7) is 6.14. The van der Waals surface area contributed by atoms with Gasteiger partial charge in [-0.15, -0.1) is 0 Å². The van der Waals surface area contributed by atoms with Crippen LogP contribution in [0.25, 0.3) is 16.6 Å². The Morgan fingerprint density at radius 3 is 2.49 bits per heavy atom. The van der Waals surface area contributed by atoms with E-state index in [2.05, 4.69) is 10.4 Å². The predicted molar refractivity (Wildman–Crippen MR) is 135 cm³/mol. The van der Waals surface area contributed by atoms with Gasteiger partial charge in [0.05, 0.1) is 40.7 Å². The number of amides is 1. The molecule has 0 atom stereocenters. The summed E-state index contributed by atoms with van der Waals surface area (Å²) in [5, 5.41) is 16.3. The average molecular weight is 507 g/mol. The number of esters is 1. The number of aliphatic hydroxyl groups is 1. The van der Waals surface area contributed by atoms with Crippen molar-refractivity contribution in [2.75, 3.05) is 5.32 Å². The number of hydrogen-bond acceptors (Lipinski definition) is 6. The van der Waals surface area contributed by atoms with Gasteiger partial charge in [0.1, 0.15) is 5.75 Å². The van der Waals surface area contributed by atoms with Gasteiger partial charge in [0.25, 0.3) is 5.91 Å². The molecular weight excluding hydrogens is 479 g/mol. The minimum Gasteiger partial charge on any atom is -0.426 e. The van der Waals surface area contributed by atoms with Gasteiger partial charge in [-0.25, -0.2) is 4.39 Å². The molecule has 0 spiro atoms. The van der Waals surface area contributed by atoms with Gasteiger partial charge < -0.3 is 19.6 Å². The van der Waals surface area contributed by atoms with Crippen LogP contribution in [-0.4, -0.2) is 36.9 Å². The molecule has 3 aromatic heterocycles. The third kappa shape index (κ3) is 5.14. The van der Waals surface area contributed by atoms with Crippen LogP contribution >= 0.6 is 0 Å². The van der Waals surface area contributed by atoms with E-state index in [1.165, 1.54) is 58.7 Å². The number of carbonyl (C=O) groups excluding carboxylic acids is 3. The molecule has 192 valence electrons. The number of anilines is 1. The first-order chi connectivity index (χ1) is 17.4. The molecule has 0 aliphatic rings. The van der Waals surface area contributed by atoms with Crippen molar-refractivity contribution in [2.24, 2.45) is 12.5 Å². The van der Waals surface area contributed by atoms with Crippen LogP contribution in [0.5, 0.6) is 5.75 Å². The first-order valence-electron chi connectivity index (χ1n) is 11.5. The van der Waals surface area contributed by atoms with E-state index in [-0.39, 0.29) is 40.6 Å². The van der Waals surface area contributed by atoms with E-state index in [4.69, 9.17) is 4.74 Å². The van der Waals surface area contributed by atoms with Crippen LogP contribution < -0.4 is 10.1 Å². The molecular formula is C27H27FN4O5. The summed E-state index contributed by atoms with van der Waals surface area (Å²) >= 11 is 0. The number of aryl methyl sites for hydroxylation is 1. The quantitative estimate of drug-likeness (QED) is 0.296. The van der Waals surface area contributed by atoms with Crippen LogP contribution in [0.1, 0.15) is 54.1 Å². The molecule has 3 heterocycles. The highest BCUT2D eigenvalue weighted by molar-refractivity contribution is 6.11. The van der Waals surface area contributed by atoms with E-state index in [1.807, 2.05) is 0 Å². The first-order valence-corrected chi connectivity index (χ1v) is 11.5. The highest BCUT2D eigenvalue weighted by Crippen LogP contribution is 2.31. The maximum atomic E-state index is 15.5. The Bertz CT molecular complexity index is 1540. The van der Waals surface area contributed by atoms with E-state index in [9.17, 15) is 19.5 Å². The maximum absolute atomic E-state index is 15.5. The topological polar surface area (TPSA) is 115 Å². The Labute approximate surface area is 212 Å². The van der Waals surface area contributed by atoms with Gasteiger partial charge in [-0.3, -0.25) is 19.1 Å². The fraction of sp³-hybridized carbons (Fsp3) is 0.259. The number of carbonyl (C=O) groups is 3. The lowest BCUT2D eigenvalue weighted by Crippen LogP contribution is -2.25. The number of benzene rings is 1. The second kappa shape index (κ2) is 9.62. The van der Waals surface area contributed by atoms with Crippen molar-refractivity contribution < 1.29 is 28.6 Å². The molecule has 1 aromatic carbocycles. The number of hydrogen-bond donors (Lipinski definition) is 2. The number of nitrogens with zero attached hydrogens (tertiary/aromatic N) is 3. The van der Waals surface area contributed by atoms with Gasteiger partial charge in [-0.2, -0.15) is 5.10 Å². The molecule has 0 bridgehead atoms. The lowest BCUT2D eigenvalue weighted by molar-refractivity contribution is -0.142. The molecule has 9 nitrogen and oxygen atoms in total. The van der Waals surface area contributed by atoms with Crippen molar-refractivity contribution in [1.29, 1.82) is 0 Å². The summed E-state index contributed by atoms with van der Waals surface area (Å²) < 4.78 is 24.0. The zero-order valence-electron chi connectivity index (χ0n) is 21.1. The van der Waals surface area contributed by atoms with Crippen LogP contribution in [0.15, 0.2) is 48.9 Å². The van der Waals surface area contributed by atoms with E-state index < -0.39 is 23.1 Å². The van der Waals surface area contributed by atoms with Crippen molar-refractivity contribution in [2.45, 2.75) is 34.3 Å². The zero-order valence-corrected chi connectivity index (χ0v) is 21.1. The van der Waals surface area contributed by atoms with Crippen molar-refractivity contribution in [1.82, 2.24) is 14.2 Å². The van der Waals surface area contributed by atoms with Crippen LogP contribution in [0.3, 0.4) is 0 Å². The molecule has 10 heteroatoms. The fourth-order valence-corrected chi connectivity index (χ4v) is 3.78. The van der Waals surface area contributed by atoms with Crippen LogP contribution in [0.2, 0.25) is 0 Å². The number of Topliss-reactive ketones (excluding diaryl/α,β-unsaturated/α-hetero) is 1. The number of rotatable bonds is 6. The molecule has 0 radical (unpaired) electrons. The highest BCUT2D eigenvalue weighted by Gasteiger charge is 2.25. The molecule has 0 fully saturated rings. The molecule has 0 aliphatic heterocycles. The first kappa shape index (κ1) is 25.8. The summed E-state index contributed by atoms with van der Waals surface area (Å²) in [4.78, 5) is 38.0.